The highest BCUT2D eigenvalue weighted by Gasteiger charge is 2.09. The Hall–Kier alpha value is -0.700. The number of hydrogen-bond donors (Lipinski definition) is 2. The highest BCUT2D eigenvalue weighted by Crippen LogP contribution is 2.06. The first-order valence-corrected chi connectivity index (χ1v) is 5.17. The van der Waals surface area contributed by atoms with Crippen molar-refractivity contribution >= 4 is 0 Å². The number of nitrogens with one attached hydrogen (secondary N) is 1. The first kappa shape index (κ1) is 10.4. The largest absolute Gasteiger partial charge is 0.401 e. The number of nitrogens with zero attached hydrogens (tertiary/aromatic N) is 1. The molecule has 1 aliphatic heterocycles. The smallest absolute Gasteiger partial charge is 0.0208 e. The van der Waals surface area contributed by atoms with Crippen LogP contribution in [0.3, 0.4) is 0 Å². The van der Waals surface area contributed by atoms with E-state index in [0.717, 1.165) is 12.2 Å². The highest BCUT2D eigenvalue weighted by molar-refractivity contribution is 4.88. The summed E-state index contributed by atoms with van der Waals surface area (Å²) >= 11 is 0. The Kier molecular flexibility index (Phi) is 4.68. The fraction of sp³-hybridized carbons (Fsp3) is 0.800. The number of allylic oxidation sites excluding steroid dienone is 1. The Labute approximate surface area is 81.0 Å². The van der Waals surface area contributed by atoms with Gasteiger partial charge in [0.1, 0.15) is 0 Å². The van der Waals surface area contributed by atoms with Gasteiger partial charge in [-0.3, -0.25) is 0 Å². The van der Waals surface area contributed by atoms with Gasteiger partial charge in [-0.25, -0.2) is 0 Å². The lowest BCUT2D eigenvalue weighted by Gasteiger charge is -2.13. The van der Waals surface area contributed by atoms with E-state index in [4.69, 9.17) is 5.73 Å². The molecule has 0 unspecified atom stereocenters. The maximum atomic E-state index is 5.48. The lowest BCUT2D eigenvalue weighted by atomic mass is 10.4. The van der Waals surface area contributed by atoms with Crippen LogP contribution in [-0.2, 0) is 0 Å². The third-order valence-electron chi connectivity index (χ3n) is 2.32. The van der Waals surface area contributed by atoms with Gasteiger partial charge in [-0.15, -0.1) is 0 Å². The van der Waals surface area contributed by atoms with Crippen molar-refractivity contribution in [1.82, 2.24) is 10.2 Å². The summed E-state index contributed by atoms with van der Waals surface area (Å²) in [6.07, 6.45) is 5.86. The zero-order valence-corrected chi connectivity index (χ0v) is 8.55. The number of likely N-dealkylation sites (tertiary alicyclic amines) is 1. The van der Waals surface area contributed by atoms with Gasteiger partial charge in [0.2, 0.25) is 0 Å². The summed E-state index contributed by atoms with van der Waals surface area (Å²) in [6.45, 7) is 6.75. The van der Waals surface area contributed by atoms with Crippen LogP contribution in [0, 0.1) is 0 Å². The van der Waals surface area contributed by atoms with Crippen molar-refractivity contribution in [2.45, 2.75) is 26.2 Å². The Morgan fingerprint density at radius 1 is 1.46 bits per heavy atom. The molecular formula is C10H21N3. The van der Waals surface area contributed by atoms with Gasteiger partial charge in [0.15, 0.2) is 0 Å². The first-order valence-electron chi connectivity index (χ1n) is 5.17. The van der Waals surface area contributed by atoms with Gasteiger partial charge in [-0.2, -0.15) is 0 Å². The third-order valence-corrected chi connectivity index (χ3v) is 2.32. The second kappa shape index (κ2) is 5.86. The Bertz CT molecular complexity index is 156. The van der Waals surface area contributed by atoms with Gasteiger partial charge in [-0.05, 0) is 45.8 Å². The average Bonchev–Trinajstić information content (AvgIpc) is 2.55. The van der Waals surface area contributed by atoms with Crippen LogP contribution in [-0.4, -0.2) is 31.1 Å². The SMILES string of the molecule is C/C(N)=C/NCCCN1CCCC1. The van der Waals surface area contributed by atoms with E-state index in [1.54, 1.807) is 0 Å². The molecule has 0 saturated carbocycles. The minimum absolute atomic E-state index is 0.848. The van der Waals surface area contributed by atoms with Crippen molar-refractivity contribution in [3.8, 4) is 0 Å². The molecule has 1 fully saturated rings. The van der Waals surface area contributed by atoms with Gasteiger partial charge in [0.25, 0.3) is 0 Å². The molecule has 3 nitrogen and oxygen atoms in total. The molecule has 0 amide bonds. The number of nitrogens with two attached hydrogens (primary N) is 1. The normalized spacial score (nSPS) is 19.3. The fourth-order valence-electron chi connectivity index (χ4n) is 1.64. The van der Waals surface area contributed by atoms with E-state index in [-0.39, 0.29) is 0 Å². The molecule has 1 heterocycles. The molecule has 0 spiro atoms. The molecule has 0 aromatic heterocycles. The predicted molar refractivity (Wildman–Crippen MR) is 56.2 cm³/mol. The van der Waals surface area contributed by atoms with Gasteiger partial charge >= 0.3 is 0 Å². The van der Waals surface area contributed by atoms with E-state index < -0.39 is 0 Å². The van der Waals surface area contributed by atoms with E-state index in [1.165, 1.54) is 38.9 Å². The quantitative estimate of drug-likeness (QED) is 0.622. The summed E-state index contributed by atoms with van der Waals surface area (Å²) in [5.41, 5.74) is 6.33. The maximum Gasteiger partial charge on any atom is 0.0208 e. The van der Waals surface area contributed by atoms with Crippen LogP contribution in [0.5, 0.6) is 0 Å². The molecule has 1 saturated heterocycles. The van der Waals surface area contributed by atoms with Gasteiger partial charge in [0.05, 0.1) is 0 Å². The summed E-state index contributed by atoms with van der Waals surface area (Å²) in [4.78, 5) is 2.53. The highest BCUT2D eigenvalue weighted by atomic mass is 15.1. The van der Waals surface area contributed by atoms with E-state index in [1.807, 2.05) is 13.1 Å². The summed E-state index contributed by atoms with van der Waals surface area (Å²) in [5, 5.41) is 3.20. The zero-order valence-electron chi connectivity index (χ0n) is 8.55. The molecule has 3 N–H and O–H groups in total. The molecule has 0 bridgehead atoms. The van der Waals surface area contributed by atoms with Crippen LogP contribution in [0.4, 0.5) is 0 Å². The van der Waals surface area contributed by atoms with Gasteiger partial charge in [0, 0.05) is 18.4 Å². The minimum Gasteiger partial charge on any atom is -0.401 e. The molecule has 0 aliphatic carbocycles. The van der Waals surface area contributed by atoms with Crippen LogP contribution < -0.4 is 11.1 Å². The van der Waals surface area contributed by atoms with Crippen molar-refractivity contribution in [3.05, 3.63) is 11.9 Å². The Morgan fingerprint density at radius 2 is 2.15 bits per heavy atom. The molecule has 13 heavy (non-hydrogen) atoms. The lowest BCUT2D eigenvalue weighted by molar-refractivity contribution is 0.333. The molecule has 0 aromatic carbocycles. The first-order chi connectivity index (χ1) is 6.29. The van der Waals surface area contributed by atoms with E-state index in [2.05, 4.69) is 10.2 Å². The monoisotopic (exact) mass is 183 g/mol. The van der Waals surface area contributed by atoms with Crippen LogP contribution in [0.25, 0.3) is 0 Å². The molecule has 1 rings (SSSR count). The summed E-state index contributed by atoms with van der Waals surface area (Å²) in [7, 11) is 0. The van der Waals surface area contributed by atoms with Crippen LogP contribution >= 0.6 is 0 Å². The maximum absolute atomic E-state index is 5.48. The lowest BCUT2D eigenvalue weighted by Crippen LogP contribution is -2.23. The Balaban J connectivity index is 1.91. The number of hydrogen-bond acceptors (Lipinski definition) is 3. The van der Waals surface area contributed by atoms with Crippen molar-refractivity contribution in [2.75, 3.05) is 26.2 Å². The standard InChI is InChI=1S/C10H21N3/c1-10(11)9-12-5-4-8-13-6-2-3-7-13/h9,12H,2-8,11H2,1H3/b10-9-. The topological polar surface area (TPSA) is 41.3 Å². The summed E-state index contributed by atoms with van der Waals surface area (Å²) in [5.74, 6) is 0. The van der Waals surface area contributed by atoms with Crippen LogP contribution in [0.1, 0.15) is 26.2 Å². The van der Waals surface area contributed by atoms with Crippen molar-refractivity contribution in [2.24, 2.45) is 5.73 Å². The molecular weight excluding hydrogens is 162 g/mol. The molecule has 0 atom stereocenters. The third kappa shape index (κ3) is 4.78. The van der Waals surface area contributed by atoms with Crippen LogP contribution in [0.2, 0.25) is 0 Å². The van der Waals surface area contributed by atoms with E-state index >= 15 is 0 Å². The summed E-state index contributed by atoms with van der Waals surface area (Å²) in [6, 6.07) is 0. The van der Waals surface area contributed by atoms with Crippen LogP contribution in [0.15, 0.2) is 11.9 Å². The molecule has 1 aliphatic rings. The van der Waals surface area contributed by atoms with Crippen molar-refractivity contribution < 1.29 is 0 Å². The number of rotatable bonds is 5. The second-order valence-electron chi connectivity index (χ2n) is 3.74. The van der Waals surface area contributed by atoms with Gasteiger partial charge in [-0.1, -0.05) is 0 Å². The fourth-order valence-corrected chi connectivity index (χ4v) is 1.64. The Morgan fingerprint density at radius 3 is 2.77 bits per heavy atom. The molecule has 76 valence electrons. The minimum atomic E-state index is 0.848. The van der Waals surface area contributed by atoms with Crippen molar-refractivity contribution in [3.63, 3.8) is 0 Å². The predicted octanol–water partition coefficient (Wildman–Crippen LogP) is 0.882. The van der Waals surface area contributed by atoms with E-state index in [9.17, 15) is 0 Å². The second-order valence-corrected chi connectivity index (χ2v) is 3.74. The zero-order chi connectivity index (χ0) is 9.52. The molecule has 0 aromatic rings. The summed E-state index contributed by atoms with van der Waals surface area (Å²) < 4.78 is 0. The average molecular weight is 183 g/mol. The van der Waals surface area contributed by atoms with Gasteiger partial charge < -0.3 is 16.0 Å². The van der Waals surface area contributed by atoms with E-state index in [0.29, 0.717) is 0 Å². The van der Waals surface area contributed by atoms with Crippen molar-refractivity contribution in [1.29, 1.82) is 0 Å². The molecule has 3 heteroatoms. The molecule has 0 radical (unpaired) electrons.